The molecule has 2 aromatic rings. The predicted molar refractivity (Wildman–Crippen MR) is 121 cm³/mol. The van der Waals surface area contributed by atoms with Crippen LogP contribution in [0.5, 0.6) is 0 Å². The lowest BCUT2D eigenvalue weighted by Gasteiger charge is -2.19. The first-order valence-electron chi connectivity index (χ1n) is 10.1. The Labute approximate surface area is 207 Å². The molecule has 18 nitrogen and oxygen atoms in total. The molecule has 0 aliphatic carbocycles. The average molecular weight is 595 g/mol. The lowest BCUT2D eigenvalue weighted by molar-refractivity contribution is -0.0503. The summed E-state index contributed by atoms with van der Waals surface area (Å²) >= 11 is 1.36. The molecular formula is C14H24N5O13P3S. The van der Waals surface area contributed by atoms with Gasteiger partial charge in [0.05, 0.1) is 12.9 Å². The Morgan fingerprint density at radius 3 is 2.44 bits per heavy atom. The number of hydrogen-bond donors (Lipinski definition) is 7. The van der Waals surface area contributed by atoms with Crippen LogP contribution in [0, 0.1) is 0 Å². The van der Waals surface area contributed by atoms with Gasteiger partial charge in [0.2, 0.25) is 0 Å². The van der Waals surface area contributed by atoms with E-state index >= 15 is 0 Å². The molecule has 1 saturated heterocycles. The number of ether oxygens (including phenoxy) is 1. The van der Waals surface area contributed by atoms with Gasteiger partial charge in [-0.15, -0.1) is 0 Å². The molecule has 0 aromatic carbocycles. The maximum Gasteiger partial charge on any atom is 0.490 e. The Hall–Kier alpha value is -1.01. The molecular weight excluding hydrogens is 571 g/mol. The zero-order chi connectivity index (χ0) is 26.9. The first kappa shape index (κ1) is 29.5. The van der Waals surface area contributed by atoms with Crippen LogP contribution in [0.4, 0.5) is 5.82 Å². The van der Waals surface area contributed by atoms with Crippen LogP contribution >= 0.6 is 35.2 Å². The molecule has 2 aromatic heterocycles. The highest BCUT2D eigenvalue weighted by atomic mass is 32.2. The number of aromatic nitrogens is 4. The van der Waals surface area contributed by atoms with Crippen molar-refractivity contribution in [3.8, 4) is 0 Å². The maximum atomic E-state index is 11.9. The normalized spacial score (nSPS) is 26.2. The second-order valence-electron chi connectivity index (χ2n) is 7.35. The number of anilines is 1. The summed E-state index contributed by atoms with van der Waals surface area (Å²) in [4.78, 5) is 48.6. The number of thioether (sulfide) groups is 1. The predicted octanol–water partition coefficient (Wildman–Crippen LogP) is 0.263. The van der Waals surface area contributed by atoms with E-state index in [0.717, 1.165) is 18.6 Å². The van der Waals surface area contributed by atoms with Crippen molar-refractivity contribution in [2.24, 2.45) is 0 Å². The smallest absolute Gasteiger partial charge is 0.387 e. The third-order valence-electron chi connectivity index (χ3n) is 4.59. The van der Waals surface area contributed by atoms with Gasteiger partial charge in [0.25, 0.3) is 0 Å². The summed E-state index contributed by atoms with van der Waals surface area (Å²) in [6.45, 7) is 1.07. The monoisotopic (exact) mass is 595 g/mol. The van der Waals surface area contributed by atoms with Gasteiger partial charge in [-0.1, -0.05) is 25.1 Å². The number of aliphatic hydroxyl groups is 2. The van der Waals surface area contributed by atoms with Gasteiger partial charge < -0.3 is 40.3 Å². The number of imidazole rings is 1. The minimum absolute atomic E-state index is 0.0787. The molecule has 1 aliphatic heterocycles. The van der Waals surface area contributed by atoms with Gasteiger partial charge >= 0.3 is 23.5 Å². The minimum Gasteiger partial charge on any atom is -0.387 e. The zero-order valence-corrected chi connectivity index (χ0v) is 21.9. The van der Waals surface area contributed by atoms with E-state index in [9.17, 15) is 33.7 Å². The van der Waals surface area contributed by atoms with Crippen molar-refractivity contribution in [1.29, 1.82) is 0 Å². The average Bonchev–Trinajstić information content (AvgIpc) is 3.26. The highest BCUT2D eigenvalue weighted by Gasteiger charge is 2.47. The van der Waals surface area contributed by atoms with Crippen LogP contribution in [0.3, 0.4) is 0 Å². The summed E-state index contributed by atoms with van der Waals surface area (Å²) in [6.07, 6.45) is -2.95. The zero-order valence-electron chi connectivity index (χ0n) is 18.4. The van der Waals surface area contributed by atoms with Gasteiger partial charge in [-0.05, 0) is 6.42 Å². The minimum atomic E-state index is -5.72. The fourth-order valence-electron chi connectivity index (χ4n) is 3.04. The molecule has 6 atom stereocenters. The second-order valence-corrected chi connectivity index (χ2v) is 12.8. The third kappa shape index (κ3) is 7.52. The van der Waals surface area contributed by atoms with E-state index < -0.39 is 54.6 Å². The number of aliphatic hydroxyl groups excluding tert-OH is 2. The van der Waals surface area contributed by atoms with E-state index in [1.807, 2.05) is 6.92 Å². The summed E-state index contributed by atoms with van der Waals surface area (Å²) < 4.78 is 52.6. The molecule has 0 radical (unpaired) electrons. The van der Waals surface area contributed by atoms with Gasteiger partial charge in [-0.25, -0.2) is 28.6 Å². The number of hydrogen-bond acceptors (Lipinski definition) is 14. The van der Waals surface area contributed by atoms with E-state index in [4.69, 9.17) is 20.3 Å². The van der Waals surface area contributed by atoms with Crippen LogP contribution in [0.1, 0.15) is 26.0 Å². The number of phosphoric ester groups is 1. The molecule has 8 N–H and O–H groups in total. The molecule has 3 rings (SSSR count). The molecule has 204 valence electrons. The third-order valence-corrected chi connectivity index (χ3v) is 9.32. The first-order chi connectivity index (χ1) is 16.6. The van der Waals surface area contributed by atoms with E-state index in [-0.39, 0.29) is 17.0 Å². The van der Waals surface area contributed by atoms with Crippen molar-refractivity contribution >= 4 is 52.2 Å². The van der Waals surface area contributed by atoms with Gasteiger partial charge in [0, 0.05) is 5.75 Å². The lowest BCUT2D eigenvalue weighted by Crippen LogP contribution is -2.33. The van der Waals surface area contributed by atoms with Crippen molar-refractivity contribution in [2.75, 3.05) is 18.1 Å². The molecule has 3 heterocycles. The standard InChI is InChI=1S/C14H24N5O13P3S/c1-2-3-4-36-14-17-11(15)8-12(18-14)19(6-16-8)13-10(21)9(20)7(30-13)5-29-34(25,26)32-35(27,28)31-33(22,23)24/h6-7,9-10,13,20-21H,2-5H2,1H3,(H,25,26)(H,27,28)(H2,15,17,18)(H2,22,23,24)/t7-,9-,10-,13-/m1/s1. The highest BCUT2D eigenvalue weighted by molar-refractivity contribution is 7.99. The Bertz CT molecular complexity index is 1230. The van der Waals surface area contributed by atoms with Gasteiger partial charge in [-0.3, -0.25) is 9.09 Å². The molecule has 1 fully saturated rings. The quantitative estimate of drug-likeness (QED) is 0.0749. The maximum absolute atomic E-state index is 11.9. The fourth-order valence-corrected chi connectivity index (χ4v) is 7.00. The second kappa shape index (κ2) is 11.4. The molecule has 22 heteroatoms. The van der Waals surface area contributed by atoms with Crippen LogP contribution in [0.25, 0.3) is 11.2 Å². The molecule has 0 bridgehead atoms. The van der Waals surface area contributed by atoms with Crippen LogP contribution in [-0.4, -0.2) is 80.0 Å². The Morgan fingerprint density at radius 1 is 1.11 bits per heavy atom. The first-order valence-corrected chi connectivity index (χ1v) is 15.6. The van der Waals surface area contributed by atoms with Crippen LogP contribution in [0.2, 0.25) is 0 Å². The van der Waals surface area contributed by atoms with Crippen molar-refractivity contribution in [1.82, 2.24) is 19.5 Å². The SMILES string of the molecule is CCCCSc1nc(N)c2ncn([C@@H]3O[C@H](COP(=O)(O)OP(=O)(O)OP(=O)(O)O)[C@@H](O)[C@H]3O)c2n1. The molecule has 2 unspecified atom stereocenters. The number of fused-ring (bicyclic) bond motifs is 1. The van der Waals surface area contributed by atoms with E-state index in [1.165, 1.54) is 22.7 Å². The van der Waals surface area contributed by atoms with Crippen LogP contribution in [-0.2, 0) is 31.6 Å². The summed E-state index contributed by atoms with van der Waals surface area (Å²) in [7, 11) is -16.7. The number of rotatable bonds is 12. The Morgan fingerprint density at radius 2 is 1.81 bits per heavy atom. The topological polar surface area (TPSA) is 279 Å². The highest BCUT2D eigenvalue weighted by Crippen LogP contribution is 2.66. The summed E-state index contributed by atoms with van der Waals surface area (Å²) in [5.74, 6) is 0.814. The summed E-state index contributed by atoms with van der Waals surface area (Å²) in [5.41, 5.74) is 6.35. The van der Waals surface area contributed by atoms with Gasteiger partial charge in [-0.2, -0.15) is 8.62 Å². The van der Waals surface area contributed by atoms with E-state index in [0.29, 0.717) is 5.16 Å². The molecule has 0 spiro atoms. The van der Waals surface area contributed by atoms with Crippen molar-refractivity contribution < 1.29 is 61.4 Å². The number of nitrogens with two attached hydrogens (primary N) is 1. The number of nitrogen functional groups attached to an aromatic ring is 1. The number of unbranched alkanes of at least 4 members (excludes halogenated alkanes) is 1. The van der Waals surface area contributed by atoms with Crippen molar-refractivity contribution in [3.05, 3.63) is 6.33 Å². The van der Waals surface area contributed by atoms with Crippen molar-refractivity contribution in [3.63, 3.8) is 0 Å². The molecule has 0 amide bonds. The van der Waals surface area contributed by atoms with Crippen molar-refractivity contribution in [2.45, 2.75) is 49.5 Å². The van der Waals surface area contributed by atoms with Crippen LogP contribution < -0.4 is 5.73 Å². The molecule has 36 heavy (non-hydrogen) atoms. The van der Waals surface area contributed by atoms with E-state index in [2.05, 4.69) is 28.1 Å². The Balaban J connectivity index is 1.73. The number of nitrogens with zero attached hydrogens (tertiary/aromatic N) is 4. The van der Waals surface area contributed by atoms with Gasteiger partial charge in [0.15, 0.2) is 22.8 Å². The molecule has 1 aliphatic rings. The number of phosphoric acid groups is 3. The lowest BCUT2D eigenvalue weighted by atomic mass is 10.1. The molecule has 0 saturated carbocycles. The Kier molecular flexibility index (Phi) is 9.35. The van der Waals surface area contributed by atoms with Gasteiger partial charge in [0.1, 0.15) is 23.8 Å². The summed E-state index contributed by atoms with van der Waals surface area (Å²) in [6, 6.07) is 0. The van der Waals surface area contributed by atoms with E-state index in [1.54, 1.807) is 0 Å². The fraction of sp³-hybridized carbons (Fsp3) is 0.643. The largest absolute Gasteiger partial charge is 0.490 e. The summed E-state index contributed by atoms with van der Waals surface area (Å²) in [5, 5.41) is 21.2. The van der Waals surface area contributed by atoms with Crippen LogP contribution in [0.15, 0.2) is 11.5 Å².